The Morgan fingerprint density at radius 1 is 1.36 bits per heavy atom. The Bertz CT molecular complexity index is 712. The maximum Gasteiger partial charge on any atom is 0.331 e. The molecule has 114 valence electrons. The van der Waals surface area contributed by atoms with Crippen LogP contribution in [0, 0.1) is 0 Å². The smallest absolute Gasteiger partial charge is 0.331 e. The van der Waals surface area contributed by atoms with E-state index >= 15 is 0 Å². The van der Waals surface area contributed by atoms with E-state index in [0.717, 1.165) is 17.8 Å². The fourth-order valence-electron chi connectivity index (χ4n) is 1.41. The normalized spacial score (nSPS) is 18.1. The number of aromatic hydroxyl groups is 2. The molecule has 0 radical (unpaired) electrons. The Balaban J connectivity index is 2.06. The van der Waals surface area contributed by atoms with Crippen molar-refractivity contribution in [2.75, 3.05) is 7.11 Å². The lowest BCUT2D eigenvalue weighted by atomic mass is 10.2. The van der Waals surface area contributed by atoms with E-state index in [1.54, 1.807) is 0 Å². The second-order valence-electron chi connectivity index (χ2n) is 3.99. The number of esters is 1. The van der Waals surface area contributed by atoms with Crippen molar-refractivity contribution in [3.63, 3.8) is 0 Å². The largest absolute Gasteiger partial charge is 0.504 e. The van der Waals surface area contributed by atoms with Crippen molar-refractivity contribution in [2.45, 2.75) is 0 Å². The molecule has 1 amide bonds. The number of hydrogen-bond acceptors (Lipinski definition) is 8. The van der Waals surface area contributed by atoms with E-state index in [0.29, 0.717) is 5.56 Å². The number of nitrogens with zero attached hydrogens (tertiary/aromatic N) is 2. The number of amides is 1. The Morgan fingerprint density at radius 2 is 2.14 bits per heavy atom. The first-order valence-electron chi connectivity index (χ1n) is 5.91. The van der Waals surface area contributed by atoms with E-state index in [2.05, 4.69) is 20.3 Å². The highest BCUT2D eigenvalue weighted by atomic mass is 32.2. The number of carbonyl (C=O) groups excluding carboxylic acids is 2. The van der Waals surface area contributed by atoms with Gasteiger partial charge in [-0.15, -0.1) is 5.10 Å². The molecule has 9 heteroatoms. The van der Waals surface area contributed by atoms with Crippen molar-refractivity contribution in [3.05, 3.63) is 34.7 Å². The van der Waals surface area contributed by atoms with Gasteiger partial charge in [0.25, 0.3) is 5.91 Å². The molecule has 0 atom stereocenters. The highest BCUT2D eigenvalue weighted by molar-refractivity contribution is 8.18. The fourth-order valence-corrected chi connectivity index (χ4v) is 2.15. The Kier molecular flexibility index (Phi) is 4.79. The van der Waals surface area contributed by atoms with Gasteiger partial charge in [0.15, 0.2) is 16.7 Å². The summed E-state index contributed by atoms with van der Waals surface area (Å²) in [7, 11) is 1.21. The fraction of sp³-hybridized carbons (Fsp3) is 0.0769. The Morgan fingerprint density at radius 3 is 2.82 bits per heavy atom. The molecular formula is C13H11N3O5S. The molecule has 1 aliphatic heterocycles. The van der Waals surface area contributed by atoms with Gasteiger partial charge in [0.05, 0.1) is 18.2 Å². The van der Waals surface area contributed by atoms with Gasteiger partial charge in [-0.1, -0.05) is 0 Å². The number of carbonyl (C=O) groups is 2. The van der Waals surface area contributed by atoms with Gasteiger partial charge in [-0.25, -0.2) is 4.79 Å². The van der Waals surface area contributed by atoms with E-state index < -0.39 is 11.9 Å². The number of nitrogens with one attached hydrogen (secondary N) is 1. The molecule has 0 aliphatic carbocycles. The molecule has 0 bridgehead atoms. The van der Waals surface area contributed by atoms with Gasteiger partial charge in [-0.05, 0) is 35.5 Å². The van der Waals surface area contributed by atoms with E-state index in [4.69, 9.17) is 0 Å². The predicted molar refractivity (Wildman–Crippen MR) is 80.6 cm³/mol. The third-order valence-electron chi connectivity index (χ3n) is 2.46. The van der Waals surface area contributed by atoms with Crippen molar-refractivity contribution in [1.82, 2.24) is 5.32 Å². The average Bonchev–Trinajstić information content (AvgIpc) is 2.83. The van der Waals surface area contributed by atoms with Gasteiger partial charge < -0.3 is 14.9 Å². The number of benzene rings is 1. The first kappa shape index (κ1) is 15.6. The van der Waals surface area contributed by atoms with Crippen molar-refractivity contribution < 1.29 is 24.5 Å². The number of phenolic OH excluding ortho intramolecular Hbond substituents is 2. The lowest BCUT2D eigenvalue weighted by Gasteiger charge is -1.97. The Hall–Kier alpha value is -2.81. The second kappa shape index (κ2) is 6.76. The van der Waals surface area contributed by atoms with Gasteiger partial charge in [0, 0.05) is 6.08 Å². The molecule has 1 saturated heterocycles. The molecule has 1 aromatic rings. The monoisotopic (exact) mass is 321 g/mol. The summed E-state index contributed by atoms with van der Waals surface area (Å²) in [6.45, 7) is 0. The standard InChI is InChI=1S/C13H11N3O5S/c1-21-11(19)5-10-12(20)15-13(22-10)16-14-6-7-2-3-8(17)9(18)4-7/h2-6,17-18H,1H3,(H,15,16,20)/b10-5+,14-6?. The summed E-state index contributed by atoms with van der Waals surface area (Å²) in [5.74, 6) is -1.61. The molecule has 3 N–H and O–H groups in total. The summed E-state index contributed by atoms with van der Waals surface area (Å²) < 4.78 is 4.43. The first-order chi connectivity index (χ1) is 10.5. The van der Waals surface area contributed by atoms with Crippen molar-refractivity contribution in [1.29, 1.82) is 0 Å². The van der Waals surface area contributed by atoms with Crippen LogP contribution in [0.4, 0.5) is 0 Å². The maximum atomic E-state index is 11.5. The summed E-state index contributed by atoms with van der Waals surface area (Å²) in [5.41, 5.74) is 0.513. The SMILES string of the molecule is COC(=O)/C=C1/S/C(=N\N=Cc2ccc(O)c(O)c2)NC1=O. The zero-order valence-corrected chi connectivity index (χ0v) is 12.1. The zero-order chi connectivity index (χ0) is 16.1. The minimum absolute atomic E-state index is 0.156. The van der Waals surface area contributed by atoms with Crippen LogP contribution in [0.3, 0.4) is 0 Å². The molecule has 8 nitrogen and oxygen atoms in total. The average molecular weight is 321 g/mol. The van der Waals surface area contributed by atoms with Crippen LogP contribution in [0.1, 0.15) is 5.56 Å². The van der Waals surface area contributed by atoms with Gasteiger partial charge in [0.2, 0.25) is 0 Å². The molecule has 0 aromatic heterocycles. The predicted octanol–water partition coefficient (Wildman–Crippen LogP) is 0.708. The molecule has 0 spiro atoms. The molecule has 1 aliphatic rings. The molecule has 1 aromatic carbocycles. The van der Waals surface area contributed by atoms with E-state index in [9.17, 15) is 19.8 Å². The summed E-state index contributed by atoms with van der Waals surface area (Å²) in [5, 5.41) is 28.7. The number of hydrogen-bond donors (Lipinski definition) is 3. The van der Waals surface area contributed by atoms with Crippen LogP contribution in [0.5, 0.6) is 11.5 Å². The van der Waals surface area contributed by atoms with Gasteiger partial charge in [-0.2, -0.15) is 5.10 Å². The molecule has 2 rings (SSSR count). The maximum absolute atomic E-state index is 11.5. The van der Waals surface area contributed by atoms with Crippen LogP contribution in [0.25, 0.3) is 0 Å². The lowest BCUT2D eigenvalue weighted by Crippen LogP contribution is -2.19. The summed E-state index contributed by atoms with van der Waals surface area (Å²) in [4.78, 5) is 22.8. The van der Waals surface area contributed by atoms with Crippen LogP contribution >= 0.6 is 11.8 Å². The van der Waals surface area contributed by atoms with Gasteiger partial charge in [0.1, 0.15) is 0 Å². The minimum atomic E-state index is -0.637. The number of methoxy groups -OCH3 is 1. The highest BCUT2D eigenvalue weighted by Gasteiger charge is 2.24. The van der Waals surface area contributed by atoms with E-state index in [1.165, 1.54) is 31.5 Å². The number of thioether (sulfide) groups is 1. The van der Waals surface area contributed by atoms with E-state index in [1.807, 2.05) is 0 Å². The summed E-state index contributed by atoms with van der Waals surface area (Å²) >= 11 is 0.950. The first-order valence-corrected chi connectivity index (χ1v) is 6.73. The van der Waals surface area contributed by atoms with Crippen molar-refractivity contribution >= 4 is 35.0 Å². The lowest BCUT2D eigenvalue weighted by molar-refractivity contribution is -0.135. The van der Waals surface area contributed by atoms with Gasteiger partial charge >= 0.3 is 5.97 Å². The minimum Gasteiger partial charge on any atom is -0.504 e. The number of phenols is 2. The molecule has 22 heavy (non-hydrogen) atoms. The van der Waals surface area contributed by atoms with Crippen LogP contribution in [0.2, 0.25) is 0 Å². The number of amidine groups is 1. The molecular weight excluding hydrogens is 310 g/mol. The molecule has 1 fully saturated rings. The summed E-state index contributed by atoms with van der Waals surface area (Å²) in [6, 6.07) is 4.15. The van der Waals surface area contributed by atoms with Crippen molar-refractivity contribution in [2.24, 2.45) is 10.2 Å². The summed E-state index contributed by atoms with van der Waals surface area (Å²) in [6.07, 6.45) is 2.39. The Labute approximate surface area is 129 Å². The van der Waals surface area contributed by atoms with E-state index in [-0.39, 0.29) is 21.6 Å². The molecule has 0 unspecified atom stereocenters. The zero-order valence-electron chi connectivity index (χ0n) is 11.3. The van der Waals surface area contributed by atoms with Crippen LogP contribution in [-0.2, 0) is 14.3 Å². The topological polar surface area (TPSA) is 121 Å². The van der Waals surface area contributed by atoms with Crippen LogP contribution in [0.15, 0.2) is 39.4 Å². The third kappa shape index (κ3) is 3.85. The molecule has 0 saturated carbocycles. The second-order valence-corrected chi connectivity index (χ2v) is 5.02. The van der Waals surface area contributed by atoms with Crippen LogP contribution < -0.4 is 5.32 Å². The van der Waals surface area contributed by atoms with Crippen molar-refractivity contribution in [3.8, 4) is 11.5 Å². The third-order valence-corrected chi connectivity index (χ3v) is 3.36. The quantitative estimate of drug-likeness (QED) is 0.248. The number of ether oxygens (including phenoxy) is 1. The van der Waals surface area contributed by atoms with Crippen LogP contribution in [-0.4, -0.2) is 40.6 Å². The molecule has 1 heterocycles. The highest BCUT2D eigenvalue weighted by Crippen LogP contribution is 2.25. The van der Waals surface area contributed by atoms with Gasteiger partial charge in [-0.3, -0.25) is 10.1 Å². The number of rotatable bonds is 3.